The molecular weight excluding hydrogens is 344 g/mol. The Morgan fingerprint density at radius 1 is 1.47 bits per heavy atom. The van der Waals surface area contributed by atoms with Crippen LogP contribution < -0.4 is 4.74 Å². The van der Waals surface area contributed by atoms with E-state index in [4.69, 9.17) is 16.3 Å². The average molecular weight is 358 g/mol. The minimum atomic E-state index is 0.153. The van der Waals surface area contributed by atoms with Gasteiger partial charge in [0.05, 0.1) is 9.85 Å². The van der Waals surface area contributed by atoms with Crippen molar-refractivity contribution < 1.29 is 4.74 Å². The predicted molar refractivity (Wildman–Crippen MR) is 85.1 cm³/mol. The zero-order valence-corrected chi connectivity index (χ0v) is 13.9. The van der Waals surface area contributed by atoms with E-state index in [0.717, 1.165) is 22.8 Å². The van der Waals surface area contributed by atoms with E-state index in [-0.39, 0.29) is 10.9 Å². The van der Waals surface area contributed by atoms with Crippen molar-refractivity contribution in [3.63, 3.8) is 0 Å². The Balaban J connectivity index is 1.95. The third kappa shape index (κ3) is 2.44. The molecule has 0 saturated carbocycles. The summed E-state index contributed by atoms with van der Waals surface area (Å²) in [5.74, 6) is 1.02. The van der Waals surface area contributed by atoms with Gasteiger partial charge in [-0.2, -0.15) is 0 Å². The molecule has 0 radical (unpaired) electrons. The van der Waals surface area contributed by atoms with Crippen LogP contribution >= 0.6 is 38.9 Å². The van der Waals surface area contributed by atoms with Crippen LogP contribution in [-0.2, 0) is 6.42 Å². The van der Waals surface area contributed by atoms with Crippen LogP contribution in [0.5, 0.6) is 5.75 Å². The maximum absolute atomic E-state index is 6.35. The highest BCUT2D eigenvalue weighted by Crippen LogP contribution is 2.42. The second-order valence-corrected chi connectivity index (χ2v) is 7.16. The predicted octanol–water partition coefficient (Wildman–Crippen LogP) is 5.52. The Morgan fingerprint density at radius 3 is 2.95 bits per heavy atom. The zero-order chi connectivity index (χ0) is 13.6. The third-order valence-electron chi connectivity index (χ3n) is 3.37. The van der Waals surface area contributed by atoms with Gasteiger partial charge in [-0.05, 0) is 42.0 Å². The van der Waals surface area contributed by atoms with Crippen LogP contribution in [-0.4, -0.2) is 6.10 Å². The normalized spacial score (nSPS) is 19.1. The highest BCUT2D eigenvalue weighted by Gasteiger charge is 2.22. The zero-order valence-electron chi connectivity index (χ0n) is 10.7. The number of fused-ring (bicyclic) bond motifs is 1. The van der Waals surface area contributed by atoms with Gasteiger partial charge in [0.2, 0.25) is 0 Å². The molecule has 0 fully saturated rings. The van der Waals surface area contributed by atoms with Crippen molar-refractivity contribution in [2.45, 2.75) is 31.2 Å². The number of hydrogen-bond donors (Lipinski definition) is 0. The van der Waals surface area contributed by atoms with Crippen LogP contribution in [0.15, 0.2) is 23.6 Å². The highest BCUT2D eigenvalue weighted by molar-refractivity contribution is 9.09. The molecular formula is C15H14BrClOS. The summed E-state index contributed by atoms with van der Waals surface area (Å²) in [6.45, 7) is 4.14. The van der Waals surface area contributed by atoms with E-state index >= 15 is 0 Å². The van der Waals surface area contributed by atoms with Crippen molar-refractivity contribution in [1.29, 1.82) is 0 Å². The molecule has 0 bridgehead atoms. The average Bonchev–Trinajstić information content (AvgIpc) is 2.91. The molecule has 0 spiro atoms. The van der Waals surface area contributed by atoms with Gasteiger partial charge in [-0.25, -0.2) is 0 Å². The van der Waals surface area contributed by atoms with Gasteiger partial charge in [0.1, 0.15) is 11.9 Å². The molecule has 1 nitrogen and oxygen atoms in total. The van der Waals surface area contributed by atoms with Crippen LogP contribution in [0.2, 0.25) is 5.02 Å². The van der Waals surface area contributed by atoms with Crippen LogP contribution in [0.3, 0.4) is 0 Å². The first-order chi connectivity index (χ1) is 9.06. The number of hydrogen-bond acceptors (Lipinski definition) is 2. The van der Waals surface area contributed by atoms with Crippen LogP contribution in [0.25, 0.3) is 0 Å². The topological polar surface area (TPSA) is 9.23 Å². The van der Waals surface area contributed by atoms with Crippen molar-refractivity contribution in [1.82, 2.24) is 0 Å². The molecule has 1 aromatic heterocycles. The molecule has 0 amide bonds. The Hall–Kier alpha value is -0.510. The van der Waals surface area contributed by atoms with Crippen LogP contribution in [0.4, 0.5) is 0 Å². The first-order valence-corrected chi connectivity index (χ1v) is 8.40. The quantitative estimate of drug-likeness (QED) is 0.643. The van der Waals surface area contributed by atoms with Gasteiger partial charge < -0.3 is 4.74 Å². The smallest absolute Gasteiger partial charge is 0.123 e. The van der Waals surface area contributed by atoms with Crippen LogP contribution in [0.1, 0.15) is 33.3 Å². The summed E-state index contributed by atoms with van der Waals surface area (Å²) >= 11 is 11.8. The van der Waals surface area contributed by atoms with Crippen molar-refractivity contribution in [3.05, 3.63) is 50.2 Å². The van der Waals surface area contributed by atoms with E-state index in [9.17, 15) is 0 Å². The molecule has 1 aliphatic rings. The second kappa shape index (κ2) is 5.12. The molecule has 2 unspecified atom stereocenters. The summed E-state index contributed by atoms with van der Waals surface area (Å²) in [6, 6.07) is 6.40. The van der Waals surface area contributed by atoms with Gasteiger partial charge >= 0.3 is 0 Å². The van der Waals surface area contributed by atoms with Gasteiger partial charge in [-0.15, -0.1) is 11.3 Å². The van der Waals surface area contributed by atoms with Crippen LogP contribution in [0, 0.1) is 6.92 Å². The lowest BCUT2D eigenvalue weighted by atomic mass is 10.0. The summed E-state index contributed by atoms with van der Waals surface area (Å²) in [7, 11) is 0. The third-order valence-corrected chi connectivity index (χ3v) is 6.44. The molecule has 2 heterocycles. The van der Waals surface area contributed by atoms with Gasteiger partial charge in [0.15, 0.2) is 0 Å². The van der Waals surface area contributed by atoms with Gasteiger partial charge in [0, 0.05) is 11.3 Å². The van der Waals surface area contributed by atoms with Crippen molar-refractivity contribution in [3.8, 4) is 5.75 Å². The lowest BCUT2D eigenvalue weighted by molar-refractivity contribution is 0.254. The first-order valence-electron chi connectivity index (χ1n) is 6.23. The second-order valence-electron chi connectivity index (χ2n) is 4.96. The minimum absolute atomic E-state index is 0.153. The van der Waals surface area contributed by atoms with E-state index in [2.05, 4.69) is 46.4 Å². The Kier molecular flexibility index (Phi) is 3.63. The van der Waals surface area contributed by atoms with Gasteiger partial charge in [-0.3, -0.25) is 0 Å². The lowest BCUT2D eigenvalue weighted by Gasteiger charge is -2.10. The number of ether oxygens (including phenoxy) is 1. The molecule has 0 saturated heterocycles. The molecule has 1 aromatic carbocycles. The summed E-state index contributed by atoms with van der Waals surface area (Å²) < 4.78 is 5.74. The fraction of sp³-hybridized carbons (Fsp3) is 0.333. The number of halogens is 2. The standard InChI is InChI=1S/C15H14BrClOS/c1-8-7-19-15(14(8)17)13(16)10-3-4-12-11(6-10)5-9(2)18-12/h3-4,6-7,9,13H,5H2,1-2H3. The Bertz CT molecular complexity index is 623. The number of thiophene rings is 1. The molecule has 3 rings (SSSR count). The number of aryl methyl sites for hydroxylation is 1. The van der Waals surface area contributed by atoms with E-state index in [1.54, 1.807) is 11.3 Å². The molecule has 19 heavy (non-hydrogen) atoms. The Labute approximate surface area is 130 Å². The molecule has 2 atom stereocenters. The molecule has 4 heteroatoms. The minimum Gasteiger partial charge on any atom is -0.490 e. The fourth-order valence-electron chi connectivity index (χ4n) is 2.37. The number of alkyl halides is 1. The maximum Gasteiger partial charge on any atom is 0.123 e. The van der Waals surface area contributed by atoms with Crippen molar-refractivity contribution in [2.24, 2.45) is 0 Å². The van der Waals surface area contributed by atoms with E-state index in [0.29, 0.717) is 0 Å². The van der Waals surface area contributed by atoms with Crippen molar-refractivity contribution in [2.75, 3.05) is 0 Å². The molecule has 100 valence electrons. The Morgan fingerprint density at radius 2 is 2.26 bits per heavy atom. The van der Waals surface area contributed by atoms with E-state index < -0.39 is 0 Å². The van der Waals surface area contributed by atoms with Gasteiger partial charge in [0.25, 0.3) is 0 Å². The lowest BCUT2D eigenvalue weighted by Crippen LogP contribution is -2.05. The fourth-order valence-corrected chi connectivity index (χ4v) is 4.64. The monoisotopic (exact) mass is 356 g/mol. The summed E-state index contributed by atoms with van der Waals surface area (Å²) in [5, 5.41) is 2.97. The molecule has 2 aromatic rings. The molecule has 0 aliphatic carbocycles. The first kappa shape index (κ1) is 13.5. The number of rotatable bonds is 2. The van der Waals surface area contributed by atoms with E-state index in [1.807, 2.05) is 6.92 Å². The van der Waals surface area contributed by atoms with Crippen molar-refractivity contribution >= 4 is 38.9 Å². The largest absolute Gasteiger partial charge is 0.490 e. The SMILES string of the molecule is Cc1csc(C(Br)c2ccc3c(c2)CC(C)O3)c1Cl. The van der Waals surface area contributed by atoms with Gasteiger partial charge in [-0.1, -0.05) is 39.7 Å². The summed E-state index contributed by atoms with van der Waals surface area (Å²) in [6.07, 6.45) is 1.27. The highest BCUT2D eigenvalue weighted by atomic mass is 79.9. The summed E-state index contributed by atoms with van der Waals surface area (Å²) in [4.78, 5) is 1.32. The number of benzene rings is 1. The van der Waals surface area contributed by atoms with E-state index in [1.165, 1.54) is 16.0 Å². The molecule has 1 aliphatic heterocycles. The molecule has 0 N–H and O–H groups in total. The maximum atomic E-state index is 6.35. The summed E-state index contributed by atoms with van der Waals surface area (Å²) in [5.41, 5.74) is 3.67.